The van der Waals surface area contributed by atoms with Crippen molar-refractivity contribution in [3.05, 3.63) is 11.4 Å². The second kappa shape index (κ2) is 2.31. The molecule has 0 saturated heterocycles. The van der Waals surface area contributed by atoms with E-state index in [2.05, 4.69) is 0 Å². The van der Waals surface area contributed by atoms with Crippen molar-refractivity contribution in [2.75, 3.05) is 0 Å². The van der Waals surface area contributed by atoms with E-state index in [-0.39, 0.29) is 5.83 Å². The number of halogens is 1. The molecule has 1 saturated carbocycles. The van der Waals surface area contributed by atoms with Gasteiger partial charge in [0, 0.05) is 0 Å². The number of hydrogen-bond donors (Lipinski definition) is 1. The van der Waals surface area contributed by atoms with Crippen LogP contribution in [0, 0.1) is 0 Å². The van der Waals surface area contributed by atoms with Crippen molar-refractivity contribution < 1.29 is 9.50 Å². The van der Waals surface area contributed by atoms with Crippen LogP contribution >= 0.6 is 0 Å². The van der Waals surface area contributed by atoms with Crippen LogP contribution in [0.1, 0.15) is 38.5 Å². The van der Waals surface area contributed by atoms with Crippen molar-refractivity contribution in [3.8, 4) is 0 Å². The monoisotopic (exact) mass is 156 g/mol. The summed E-state index contributed by atoms with van der Waals surface area (Å²) >= 11 is 0. The summed E-state index contributed by atoms with van der Waals surface area (Å²) in [5.41, 5.74) is 0.00794. The summed E-state index contributed by atoms with van der Waals surface area (Å²) in [6, 6.07) is 0. The van der Waals surface area contributed by atoms with Crippen molar-refractivity contribution in [1.29, 1.82) is 0 Å². The van der Waals surface area contributed by atoms with Crippen LogP contribution in [0.3, 0.4) is 0 Å². The molecular weight excluding hydrogens is 143 g/mol. The highest BCUT2D eigenvalue weighted by atomic mass is 19.1. The first-order valence-electron chi connectivity index (χ1n) is 4.33. The molecule has 1 nitrogen and oxygen atoms in total. The van der Waals surface area contributed by atoms with Gasteiger partial charge in [-0.25, -0.2) is 4.39 Å². The molecule has 2 aliphatic carbocycles. The maximum absolute atomic E-state index is 13.1. The normalized spacial score (nSPS) is 28.9. The average molecular weight is 156 g/mol. The van der Waals surface area contributed by atoms with Gasteiger partial charge in [-0.3, -0.25) is 0 Å². The van der Waals surface area contributed by atoms with Gasteiger partial charge in [0.1, 0.15) is 5.83 Å². The first kappa shape index (κ1) is 7.29. The van der Waals surface area contributed by atoms with Crippen molar-refractivity contribution in [3.63, 3.8) is 0 Å². The molecule has 0 unspecified atom stereocenters. The highest BCUT2D eigenvalue weighted by Gasteiger charge is 2.45. The summed E-state index contributed by atoms with van der Waals surface area (Å²) in [7, 11) is 0. The molecular formula is C9H13FO. The maximum atomic E-state index is 13.1. The molecule has 0 atom stereocenters. The molecule has 0 amide bonds. The van der Waals surface area contributed by atoms with Gasteiger partial charge in [0.05, 0.1) is 5.60 Å². The van der Waals surface area contributed by atoms with Crippen LogP contribution in [0.15, 0.2) is 11.4 Å². The van der Waals surface area contributed by atoms with Gasteiger partial charge in [0.25, 0.3) is 0 Å². The van der Waals surface area contributed by atoms with E-state index in [1.807, 2.05) is 0 Å². The van der Waals surface area contributed by atoms with Crippen molar-refractivity contribution in [1.82, 2.24) is 0 Å². The van der Waals surface area contributed by atoms with Crippen molar-refractivity contribution in [2.24, 2.45) is 0 Å². The van der Waals surface area contributed by atoms with Gasteiger partial charge in [-0.2, -0.15) is 0 Å². The molecule has 2 rings (SSSR count). The molecule has 0 aromatic rings. The van der Waals surface area contributed by atoms with E-state index in [0.29, 0.717) is 12.0 Å². The lowest BCUT2D eigenvalue weighted by atomic mass is 9.93. The van der Waals surface area contributed by atoms with Crippen LogP contribution in [0.25, 0.3) is 0 Å². The van der Waals surface area contributed by atoms with Crippen LogP contribution in [0.5, 0.6) is 0 Å². The number of rotatable bonds is 1. The molecule has 2 aliphatic rings. The van der Waals surface area contributed by atoms with E-state index in [4.69, 9.17) is 0 Å². The Bertz CT molecular complexity index is 204. The minimum atomic E-state index is -0.704. The van der Waals surface area contributed by atoms with E-state index in [9.17, 15) is 9.50 Å². The van der Waals surface area contributed by atoms with Crippen LogP contribution < -0.4 is 0 Å². The largest absolute Gasteiger partial charge is 0.385 e. The van der Waals surface area contributed by atoms with Gasteiger partial charge < -0.3 is 5.11 Å². The number of aliphatic hydroxyl groups is 1. The minimum absolute atomic E-state index is 0.0312. The minimum Gasteiger partial charge on any atom is -0.385 e. The molecule has 1 N–H and O–H groups in total. The third kappa shape index (κ3) is 1.20. The highest BCUT2D eigenvalue weighted by molar-refractivity contribution is 5.28. The zero-order chi connectivity index (χ0) is 7.90. The standard InChI is InChI=1S/C9H13FO/c10-8-4-2-1-3-7(8)9(11)5-6-9/h11H,1-6H2. The predicted octanol–water partition coefficient (Wildman–Crippen LogP) is 2.31. The third-order valence-electron chi connectivity index (χ3n) is 2.69. The van der Waals surface area contributed by atoms with Gasteiger partial charge in [-0.1, -0.05) is 0 Å². The van der Waals surface area contributed by atoms with E-state index in [1.54, 1.807) is 0 Å². The van der Waals surface area contributed by atoms with Crippen LogP contribution in [0.2, 0.25) is 0 Å². The number of hydrogen-bond acceptors (Lipinski definition) is 1. The fraction of sp³-hybridized carbons (Fsp3) is 0.778. The summed E-state index contributed by atoms with van der Waals surface area (Å²) in [6.07, 6.45) is 4.88. The zero-order valence-electron chi connectivity index (χ0n) is 6.57. The Morgan fingerprint density at radius 3 is 2.36 bits per heavy atom. The summed E-state index contributed by atoms with van der Waals surface area (Å²) in [5, 5.41) is 9.63. The molecule has 0 spiro atoms. The van der Waals surface area contributed by atoms with Gasteiger partial charge in [-0.15, -0.1) is 0 Å². The van der Waals surface area contributed by atoms with E-state index >= 15 is 0 Å². The van der Waals surface area contributed by atoms with E-state index in [1.165, 1.54) is 0 Å². The Balaban J connectivity index is 2.21. The first-order valence-corrected chi connectivity index (χ1v) is 4.33. The second-order valence-corrected chi connectivity index (χ2v) is 3.62. The Hall–Kier alpha value is -0.370. The SMILES string of the molecule is OC1(C2=C(F)CCCC2)CC1. The Labute approximate surface area is 65.9 Å². The molecule has 0 radical (unpaired) electrons. The highest BCUT2D eigenvalue weighted by Crippen LogP contribution is 2.47. The topological polar surface area (TPSA) is 20.2 Å². The van der Waals surface area contributed by atoms with Gasteiger partial charge in [-0.05, 0) is 44.1 Å². The summed E-state index contributed by atoms with van der Waals surface area (Å²) in [4.78, 5) is 0. The molecule has 62 valence electrons. The second-order valence-electron chi connectivity index (χ2n) is 3.62. The lowest BCUT2D eigenvalue weighted by Crippen LogP contribution is -2.15. The molecule has 1 fully saturated rings. The summed E-state index contributed by atoms with van der Waals surface area (Å²) in [6.45, 7) is 0. The fourth-order valence-corrected chi connectivity index (χ4v) is 1.77. The Morgan fingerprint density at radius 2 is 1.82 bits per heavy atom. The Morgan fingerprint density at radius 1 is 1.18 bits per heavy atom. The summed E-state index contributed by atoms with van der Waals surface area (Å²) < 4.78 is 13.1. The van der Waals surface area contributed by atoms with Crippen molar-refractivity contribution in [2.45, 2.75) is 44.1 Å². The van der Waals surface area contributed by atoms with Crippen LogP contribution in [0.4, 0.5) is 4.39 Å². The number of allylic oxidation sites excluding steroid dienone is 1. The maximum Gasteiger partial charge on any atom is 0.102 e. The summed E-state index contributed by atoms with van der Waals surface area (Å²) in [5.74, 6) is -0.0312. The lowest BCUT2D eigenvalue weighted by Gasteiger charge is -2.19. The smallest absolute Gasteiger partial charge is 0.102 e. The Kier molecular flexibility index (Phi) is 1.53. The van der Waals surface area contributed by atoms with Gasteiger partial charge in [0.15, 0.2) is 0 Å². The van der Waals surface area contributed by atoms with Crippen LogP contribution in [-0.2, 0) is 0 Å². The molecule has 11 heavy (non-hydrogen) atoms. The lowest BCUT2D eigenvalue weighted by molar-refractivity contribution is 0.176. The molecule has 2 heteroatoms. The molecule has 0 aliphatic heterocycles. The predicted molar refractivity (Wildman–Crippen MR) is 40.8 cm³/mol. The molecule has 0 aromatic heterocycles. The quantitative estimate of drug-likeness (QED) is 0.617. The third-order valence-corrected chi connectivity index (χ3v) is 2.69. The fourth-order valence-electron chi connectivity index (χ4n) is 1.77. The van der Waals surface area contributed by atoms with E-state index < -0.39 is 5.60 Å². The zero-order valence-corrected chi connectivity index (χ0v) is 6.57. The van der Waals surface area contributed by atoms with Crippen LogP contribution in [-0.4, -0.2) is 10.7 Å². The van der Waals surface area contributed by atoms with Crippen molar-refractivity contribution >= 4 is 0 Å². The first-order chi connectivity index (χ1) is 5.22. The molecule has 0 bridgehead atoms. The molecule has 0 aromatic carbocycles. The average Bonchev–Trinajstić information content (AvgIpc) is 2.70. The van der Waals surface area contributed by atoms with Gasteiger partial charge >= 0.3 is 0 Å². The van der Waals surface area contributed by atoms with Gasteiger partial charge in [0.2, 0.25) is 0 Å². The molecule has 0 heterocycles. The van der Waals surface area contributed by atoms with E-state index in [0.717, 1.165) is 32.1 Å².